The van der Waals surface area contributed by atoms with Crippen molar-refractivity contribution >= 4 is 9.84 Å². The molecule has 1 N–H and O–H groups in total. The Morgan fingerprint density at radius 3 is 2.19 bits per heavy atom. The van der Waals surface area contributed by atoms with Crippen molar-refractivity contribution in [1.82, 2.24) is 0 Å². The van der Waals surface area contributed by atoms with Gasteiger partial charge in [-0.25, -0.2) is 8.42 Å². The second-order valence-electron chi connectivity index (χ2n) is 5.61. The fraction of sp³-hybridized carbons (Fsp3) is 0.294. The zero-order valence-corrected chi connectivity index (χ0v) is 12.6. The Hall–Kier alpha value is -1.65. The van der Waals surface area contributed by atoms with Crippen molar-refractivity contribution in [3.63, 3.8) is 0 Å². The fourth-order valence-electron chi connectivity index (χ4n) is 2.98. The Bertz CT molecular complexity index is 720. The average Bonchev–Trinajstić information content (AvgIpc) is 3.24. The zero-order chi connectivity index (χ0) is 15.0. The highest BCUT2D eigenvalue weighted by molar-refractivity contribution is 7.92. The van der Waals surface area contributed by atoms with Crippen LogP contribution in [-0.4, -0.2) is 25.4 Å². The molecule has 2 aromatic rings. The number of aliphatic hydroxyl groups is 1. The molecule has 3 atom stereocenters. The predicted octanol–water partition coefficient (Wildman–Crippen LogP) is 2.54. The molecule has 0 saturated heterocycles. The molecule has 0 heterocycles. The molecule has 3 nitrogen and oxygen atoms in total. The standard InChI is InChI=1S/C17H18O3S/c1-12-7-9-13(10-8-12)16-15(11-18)17(16)21(19,20)14-5-3-2-4-6-14/h2-10,15-18H,11H2,1H3/t15-,16-,17-/m0/s1. The summed E-state index contributed by atoms with van der Waals surface area (Å²) in [5.41, 5.74) is 2.13. The summed E-state index contributed by atoms with van der Waals surface area (Å²) >= 11 is 0. The van der Waals surface area contributed by atoms with Gasteiger partial charge in [0, 0.05) is 18.4 Å². The van der Waals surface area contributed by atoms with Crippen LogP contribution in [0.4, 0.5) is 0 Å². The van der Waals surface area contributed by atoms with E-state index < -0.39 is 15.1 Å². The van der Waals surface area contributed by atoms with Gasteiger partial charge in [-0.05, 0) is 24.6 Å². The molecular weight excluding hydrogens is 284 g/mol. The van der Waals surface area contributed by atoms with Crippen LogP contribution >= 0.6 is 0 Å². The highest BCUT2D eigenvalue weighted by Gasteiger charge is 2.58. The average molecular weight is 302 g/mol. The van der Waals surface area contributed by atoms with Gasteiger partial charge in [-0.15, -0.1) is 0 Å². The number of sulfone groups is 1. The molecule has 1 aliphatic carbocycles. The van der Waals surface area contributed by atoms with Gasteiger partial charge >= 0.3 is 0 Å². The van der Waals surface area contributed by atoms with E-state index in [-0.39, 0.29) is 18.4 Å². The fourth-order valence-corrected chi connectivity index (χ4v) is 5.20. The molecule has 0 unspecified atom stereocenters. The number of aliphatic hydroxyl groups excluding tert-OH is 1. The van der Waals surface area contributed by atoms with Crippen molar-refractivity contribution in [1.29, 1.82) is 0 Å². The Kier molecular flexibility index (Phi) is 3.59. The van der Waals surface area contributed by atoms with Gasteiger partial charge in [-0.2, -0.15) is 0 Å². The van der Waals surface area contributed by atoms with Crippen molar-refractivity contribution < 1.29 is 13.5 Å². The van der Waals surface area contributed by atoms with Crippen LogP contribution in [0.3, 0.4) is 0 Å². The quantitative estimate of drug-likeness (QED) is 0.944. The lowest BCUT2D eigenvalue weighted by molar-refractivity contribution is 0.274. The summed E-state index contributed by atoms with van der Waals surface area (Å²) in [7, 11) is -3.39. The van der Waals surface area contributed by atoms with E-state index in [0.29, 0.717) is 4.90 Å². The molecule has 0 amide bonds. The van der Waals surface area contributed by atoms with Crippen LogP contribution in [0.15, 0.2) is 59.5 Å². The summed E-state index contributed by atoms with van der Waals surface area (Å²) in [5.74, 6) is -0.321. The van der Waals surface area contributed by atoms with E-state index in [1.807, 2.05) is 31.2 Å². The maximum atomic E-state index is 12.7. The van der Waals surface area contributed by atoms with Gasteiger partial charge < -0.3 is 5.11 Å². The molecule has 0 spiro atoms. The van der Waals surface area contributed by atoms with Gasteiger partial charge in [0.1, 0.15) is 0 Å². The van der Waals surface area contributed by atoms with E-state index in [4.69, 9.17) is 0 Å². The van der Waals surface area contributed by atoms with Crippen LogP contribution in [0.1, 0.15) is 17.0 Å². The largest absolute Gasteiger partial charge is 0.396 e. The lowest BCUT2D eigenvalue weighted by Gasteiger charge is -2.04. The van der Waals surface area contributed by atoms with Gasteiger partial charge in [-0.1, -0.05) is 48.0 Å². The SMILES string of the molecule is Cc1ccc([C@H]2[C@H](CO)[C@@H]2S(=O)(=O)c2ccccc2)cc1. The molecule has 2 aromatic carbocycles. The molecule has 1 saturated carbocycles. The number of aryl methyl sites for hydroxylation is 1. The summed E-state index contributed by atoms with van der Waals surface area (Å²) in [6.45, 7) is 1.90. The van der Waals surface area contributed by atoms with E-state index in [1.165, 1.54) is 0 Å². The van der Waals surface area contributed by atoms with Gasteiger partial charge in [0.2, 0.25) is 0 Å². The monoisotopic (exact) mass is 302 g/mol. The highest BCUT2D eigenvalue weighted by Crippen LogP contribution is 2.53. The van der Waals surface area contributed by atoms with Crippen molar-refractivity contribution in [3.8, 4) is 0 Å². The number of hydrogen-bond acceptors (Lipinski definition) is 3. The summed E-state index contributed by atoms with van der Waals surface area (Å²) in [6, 6.07) is 16.4. The van der Waals surface area contributed by atoms with E-state index >= 15 is 0 Å². The first-order valence-corrected chi connectivity index (χ1v) is 8.56. The number of benzene rings is 2. The molecule has 0 aromatic heterocycles. The van der Waals surface area contributed by atoms with Crippen molar-refractivity contribution in [2.24, 2.45) is 5.92 Å². The second kappa shape index (κ2) is 5.28. The number of hydrogen-bond donors (Lipinski definition) is 1. The molecule has 0 aliphatic heterocycles. The van der Waals surface area contributed by atoms with Gasteiger partial charge in [0.25, 0.3) is 0 Å². The van der Waals surface area contributed by atoms with Crippen LogP contribution in [-0.2, 0) is 9.84 Å². The molecular formula is C17H18O3S. The first kappa shape index (κ1) is 14.3. The number of rotatable bonds is 4. The first-order chi connectivity index (χ1) is 10.1. The van der Waals surface area contributed by atoms with Crippen LogP contribution < -0.4 is 0 Å². The third-order valence-corrected chi connectivity index (χ3v) is 6.49. The molecule has 0 bridgehead atoms. The van der Waals surface area contributed by atoms with Crippen LogP contribution in [0, 0.1) is 12.8 Å². The minimum Gasteiger partial charge on any atom is -0.396 e. The lowest BCUT2D eigenvalue weighted by atomic mass is 10.1. The van der Waals surface area contributed by atoms with Gasteiger partial charge in [-0.3, -0.25) is 0 Å². The summed E-state index contributed by atoms with van der Waals surface area (Å²) < 4.78 is 25.4. The summed E-state index contributed by atoms with van der Waals surface area (Å²) in [6.07, 6.45) is 0. The smallest absolute Gasteiger partial charge is 0.182 e. The Morgan fingerprint density at radius 2 is 1.62 bits per heavy atom. The van der Waals surface area contributed by atoms with Crippen LogP contribution in [0.5, 0.6) is 0 Å². The summed E-state index contributed by atoms with van der Waals surface area (Å²) in [4.78, 5) is 0.336. The van der Waals surface area contributed by atoms with E-state index in [0.717, 1.165) is 11.1 Å². The highest BCUT2D eigenvalue weighted by atomic mass is 32.2. The lowest BCUT2D eigenvalue weighted by Crippen LogP contribution is -2.11. The molecule has 1 aliphatic rings. The Labute approximate surface area is 125 Å². The molecule has 21 heavy (non-hydrogen) atoms. The van der Waals surface area contributed by atoms with E-state index in [2.05, 4.69) is 0 Å². The predicted molar refractivity (Wildman–Crippen MR) is 81.9 cm³/mol. The topological polar surface area (TPSA) is 54.4 Å². The summed E-state index contributed by atoms with van der Waals surface area (Å²) in [5, 5.41) is 8.99. The van der Waals surface area contributed by atoms with Gasteiger partial charge in [0.15, 0.2) is 9.84 Å². The Balaban J connectivity index is 1.94. The normalized spacial score (nSPS) is 24.8. The van der Waals surface area contributed by atoms with Crippen molar-refractivity contribution in [3.05, 3.63) is 65.7 Å². The second-order valence-corrected chi connectivity index (χ2v) is 7.71. The molecule has 3 rings (SSSR count). The Morgan fingerprint density at radius 1 is 1.00 bits per heavy atom. The minimum atomic E-state index is -3.39. The molecule has 4 heteroatoms. The molecule has 1 fully saturated rings. The maximum Gasteiger partial charge on any atom is 0.182 e. The third kappa shape index (κ3) is 2.49. The zero-order valence-electron chi connectivity index (χ0n) is 11.8. The first-order valence-electron chi connectivity index (χ1n) is 7.02. The van der Waals surface area contributed by atoms with Gasteiger partial charge in [0.05, 0.1) is 10.1 Å². The maximum absolute atomic E-state index is 12.7. The van der Waals surface area contributed by atoms with E-state index in [9.17, 15) is 13.5 Å². The van der Waals surface area contributed by atoms with Crippen LogP contribution in [0.25, 0.3) is 0 Å². The minimum absolute atomic E-state index is 0.102. The van der Waals surface area contributed by atoms with Crippen molar-refractivity contribution in [2.75, 3.05) is 6.61 Å². The van der Waals surface area contributed by atoms with E-state index in [1.54, 1.807) is 30.3 Å². The van der Waals surface area contributed by atoms with Crippen molar-refractivity contribution in [2.45, 2.75) is 23.0 Å². The molecule has 110 valence electrons. The third-order valence-electron chi connectivity index (χ3n) is 4.20. The van der Waals surface area contributed by atoms with Crippen LogP contribution in [0.2, 0.25) is 0 Å². The molecule has 0 radical (unpaired) electrons.